The largest absolute Gasteiger partial charge is 0.494 e. The van der Waals surface area contributed by atoms with Gasteiger partial charge in [0.1, 0.15) is 0 Å². The fraction of sp³-hybridized carbons (Fsp3) is 0.208. The van der Waals surface area contributed by atoms with E-state index in [1.54, 1.807) is 36.4 Å². The monoisotopic (exact) mass is 467 g/mol. The van der Waals surface area contributed by atoms with E-state index >= 15 is 0 Å². The van der Waals surface area contributed by atoms with Crippen LogP contribution in [0, 0.1) is 0 Å². The Labute approximate surface area is 191 Å². The molecular weight excluding hydrogens is 446 g/mol. The number of anilines is 1. The van der Waals surface area contributed by atoms with Crippen molar-refractivity contribution in [3.63, 3.8) is 0 Å². The van der Waals surface area contributed by atoms with Crippen LogP contribution in [0.25, 0.3) is 10.9 Å². The summed E-state index contributed by atoms with van der Waals surface area (Å²) in [5, 5.41) is 11.4. The number of nitrogens with zero attached hydrogens (tertiary/aromatic N) is 1. The van der Waals surface area contributed by atoms with Gasteiger partial charge in [0.05, 0.1) is 21.0 Å². The maximum Gasteiger partial charge on any atom is 0.261 e. The number of alkyl halides is 1. The lowest BCUT2D eigenvalue weighted by Gasteiger charge is -2.32. The summed E-state index contributed by atoms with van der Waals surface area (Å²) in [5.74, 6) is -0.00955. The normalized spacial score (nSPS) is 20.9. The van der Waals surface area contributed by atoms with Crippen LogP contribution in [0.5, 0.6) is 5.88 Å². The number of nitrogens with one attached hydrogen (secondary N) is 2. The molecule has 1 atom stereocenters. The zero-order valence-corrected chi connectivity index (χ0v) is 19.0. The van der Waals surface area contributed by atoms with Gasteiger partial charge in [0, 0.05) is 28.7 Å². The molecule has 3 N–H and O–H groups in total. The maximum atomic E-state index is 12.8. The van der Waals surface area contributed by atoms with E-state index in [9.17, 15) is 13.5 Å². The van der Waals surface area contributed by atoms with E-state index in [2.05, 4.69) is 15.8 Å². The number of halogens is 1. The summed E-state index contributed by atoms with van der Waals surface area (Å²) >= 11 is 6.87. The van der Waals surface area contributed by atoms with Crippen LogP contribution in [0.4, 0.5) is 5.69 Å². The van der Waals surface area contributed by atoms with E-state index < -0.39 is 14.9 Å². The lowest BCUT2D eigenvalue weighted by atomic mass is 9.84. The fourth-order valence-corrected chi connectivity index (χ4v) is 5.72. The molecule has 2 aromatic carbocycles. The summed E-state index contributed by atoms with van der Waals surface area (Å²) in [4.78, 5) is 7.36. The number of sulfonamides is 1. The second kappa shape index (κ2) is 7.53. The average Bonchev–Trinajstić information content (AvgIpc) is 3.08. The Balaban J connectivity index is 1.58. The predicted molar refractivity (Wildman–Crippen MR) is 128 cm³/mol. The lowest BCUT2D eigenvalue weighted by Crippen LogP contribution is -2.29. The van der Waals surface area contributed by atoms with Crippen LogP contribution in [0.3, 0.4) is 0 Å². The van der Waals surface area contributed by atoms with E-state index in [0.717, 1.165) is 24.1 Å². The molecule has 2 heterocycles. The van der Waals surface area contributed by atoms with Gasteiger partial charge in [-0.1, -0.05) is 30.4 Å². The highest BCUT2D eigenvalue weighted by atomic mass is 35.5. The van der Waals surface area contributed by atoms with Crippen LogP contribution in [0.2, 0.25) is 0 Å². The average molecular weight is 468 g/mol. The molecule has 1 aromatic heterocycles. The van der Waals surface area contributed by atoms with Crippen molar-refractivity contribution in [3.8, 4) is 5.88 Å². The van der Waals surface area contributed by atoms with E-state index in [4.69, 9.17) is 16.6 Å². The summed E-state index contributed by atoms with van der Waals surface area (Å²) in [6, 6.07) is 13.3. The van der Waals surface area contributed by atoms with Gasteiger partial charge in [0.25, 0.3) is 10.0 Å². The molecule has 0 saturated carbocycles. The molecule has 0 bridgehead atoms. The van der Waals surface area contributed by atoms with Gasteiger partial charge in [0.2, 0.25) is 0 Å². The minimum absolute atomic E-state index is 0.00955. The smallest absolute Gasteiger partial charge is 0.261 e. The molecule has 0 fully saturated rings. The highest BCUT2D eigenvalue weighted by molar-refractivity contribution is 7.92. The van der Waals surface area contributed by atoms with Crippen molar-refractivity contribution in [2.45, 2.75) is 36.0 Å². The first-order valence-corrected chi connectivity index (χ1v) is 12.2. The number of hydrogen-bond donors (Lipinski definition) is 3. The Hall–Kier alpha value is -3.03. The number of allylic oxidation sites excluding steroid dienone is 4. The van der Waals surface area contributed by atoms with Gasteiger partial charge < -0.3 is 10.1 Å². The number of fused-ring (bicyclic) bond motifs is 1. The van der Waals surface area contributed by atoms with Crippen molar-refractivity contribution >= 4 is 43.9 Å². The van der Waals surface area contributed by atoms with Gasteiger partial charge in [-0.05, 0) is 55.7 Å². The molecule has 1 unspecified atom stereocenters. The predicted octanol–water partition coefficient (Wildman–Crippen LogP) is 5.47. The number of hydrogen-bond acceptors (Lipinski definition) is 4. The summed E-state index contributed by atoms with van der Waals surface area (Å²) in [6.45, 7) is 1.96. The van der Waals surface area contributed by atoms with Crippen molar-refractivity contribution in [3.05, 3.63) is 77.5 Å². The van der Waals surface area contributed by atoms with E-state index in [1.807, 2.05) is 13.0 Å². The number of aromatic amines is 1. The number of aromatic nitrogens is 1. The van der Waals surface area contributed by atoms with Crippen molar-refractivity contribution in [2.75, 3.05) is 4.72 Å². The third kappa shape index (κ3) is 3.61. The Kier molecular flexibility index (Phi) is 4.91. The van der Waals surface area contributed by atoms with Crippen LogP contribution in [-0.4, -0.2) is 29.1 Å². The van der Waals surface area contributed by atoms with Crippen LogP contribution in [0.1, 0.15) is 31.7 Å². The number of aliphatic imine (C=N–C) groups is 1. The first-order valence-electron chi connectivity index (χ1n) is 10.3. The lowest BCUT2D eigenvalue weighted by molar-refractivity contribution is 0.457. The topological polar surface area (TPSA) is 94.5 Å². The summed E-state index contributed by atoms with van der Waals surface area (Å²) in [6.07, 6.45) is 6.28. The molecule has 8 heteroatoms. The van der Waals surface area contributed by atoms with Gasteiger partial charge in [0.15, 0.2) is 5.88 Å². The minimum Gasteiger partial charge on any atom is -0.494 e. The van der Waals surface area contributed by atoms with E-state index in [0.29, 0.717) is 34.3 Å². The fourth-order valence-electron chi connectivity index (χ4n) is 4.35. The molecule has 5 rings (SSSR count). The number of rotatable bonds is 4. The molecule has 164 valence electrons. The quantitative estimate of drug-likeness (QED) is 0.444. The van der Waals surface area contributed by atoms with Crippen molar-refractivity contribution in [2.24, 2.45) is 4.99 Å². The first-order chi connectivity index (χ1) is 15.2. The second-order valence-corrected chi connectivity index (χ2v) is 10.8. The molecule has 0 spiro atoms. The summed E-state index contributed by atoms with van der Waals surface area (Å²) < 4.78 is 28.1. The maximum absolute atomic E-state index is 12.8. The minimum atomic E-state index is -3.74. The van der Waals surface area contributed by atoms with Crippen LogP contribution >= 0.6 is 11.6 Å². The van der Waals surface area contributed by atoms with Crippen molar-refractivity contribution in [1.82, 2.24) is 4.98 Å². The van der Waals surface area contributed by atoms with E-state index in [1.165, 1.54) is 12.1 Å². The number of aromatic hydroxyl groups is 1. The number of H-pyrrole nitrogens is 1. The molecule has 32 heavy (non-hydrogen) atoms. The molecule has 1 aliphatic carbocycles. The standard InChI is InChI=1S/C24H22ClN3O3S/c1-24(25)14-21(26-20-10-6-5-9-18(20)24)22-17-13-15(11-12-19(17)27-23(22)29)28-32(30,31)16-7-3-2-4-8-16/h2-5,7-9,11-13,27-29H,6,10,14H2,1H3. The number of benzene rings is 2. The summed E-state index contributed by atoms with van der Waals surface area (Å²) in [7, 11) is -3.74. The van der Waals surface area contributed by atoms with Gasteiger partial charge in [-0.25, -0.2) is 8.42 Å². The van der Waals surface area contributed by atoms with Gasteiger partial charge in [-0.2, -0.15) is 0 Å². The SMILES string of the molecule is CC1(Cl)CC(c2c(O)[nH]c3ccc(NS(=O)(=O)c4ccccc4)cc23)=NC2=C1C=CCC2. The van der Waals surface area contributed by atoms with Gasteiger partial charge in [-0.3, -0.25) is 9.71 Å². The first kappa shape index (κ1) is 20.8. The molecule has 0 radical (unpaired) electrons. The van der Waals surface area contributed by atoms with E-state index in [-0.39, 0.29) is 10.8 Å². The van der Waals surface area contributed by atoms with Crippen LogP contribution in [0.15, 0.2) is 81.8 Å². The Morgan fingerprint density at radius 3 is 2.75 bits per heavy atom. The molecule has 6 nitrogen and oxygen atoms in total. The third-order valence-corrected chi connectivity index (χ3v) is 7.58. The van der Waals surface area contributed by atoms with Crippen molar-refractivity contribution < 1.29 is 13.5 Å². The molecule has 1 aliphatic heterocycles. The van der Waals surface area contributed by atoms with Crippen LogP contribution < -0.4 is 4.72 Å². The van der Waals surface area contributed by atoms with Gasteiger partial charge in [-0.15, -0.1) is 11.6 Å². The Bertz CT molecular complexity index is 1420. The Morgan fingerprint density at radius 1 is 1.19 bits per heavy atom. The van der Waals surface area contributed by atoms with Crippen molar-refractivity contribution in [1.29, 1.82) is 0 Å². The third-order valence-electron chi connectivity index (χ3n) is 5.85. The van der Waals surface area contributed by atoms with Crippen LogP contribution in [-0.2, 0) is 10.0 Å². The molecule has 2 aliphatic rings. The van der Waals surface area contributed by atoms with Gasteiger partial charge >= 0.3 is 0 Å². The molecule has 0 amide bonds. The highest BCUT2D eigenvalue weighted by Gasteiger charge is 2.36. The zero-order valence-electron chi connectivity index (χ0n) is 17.4. The summed E-state index contributed by atoms with van der Waals surface area (Å²) in [5.41, 5.74) is 4.26. The second-order valence-electron chi connectivity index (χ2n) is 8.26. The molecule has 3 aromatic rings. The zero-order chi connectivity index (χ0) is 22.5. The molecule has 0 saturated heterocycles. The molecular formula is C24H22ClN3O3S. The highest BCUT2D eigenvalue weighted by Crippen LogP contribution is 2.43. The Morgan fingerprint density at radius 2 is 1.97 bits per heavy atom.